The van der Waals surface area contributed by atoms with E-state index in [9.17, 15) is 28.5 Å². The number of hydrogen-bond acceptors (Lipinski definition) is 7. The van der Waals surface area contributed by atoms with Gasteiger partial charge in [0.2, 0.25) is 5.91 Å². The molecule has 4 heterocycles. The van der Waals surface area contributed by atoms with E-state index < -0.39 is 28.4 Å². The summed E-state index contributed by atoms with van der Waals surface area (Å²) in [7, 11) is 0. The molecule has 10 nitrogen and oxygen atoms in total. The van der Waals surface area contributed by atoms with Crippen LogP contribution in [0.2, 0.25) is 5.02 Å². The van der Waals surface area contributed by atoms with Gasteiger partial charge in [0, 0.05) is 43.6 Å². The average Bonchev–Trinajstić information content (AvgIpc) is 3.20. The minimum Gasteiger partial charge on any atom is -0.354 e. The van der Waals surface area contributed by atoms with Gasteiger partial charge in [0.15, 0.2) is 0 Å². The van der Waals surface area contributed by atoms with Crippen molar-refractivity contribution in [2.24, 2.45) is 5.92 Å². The summed E-state index contributed by atoms with van der Waals surface area (Å²) < 4.78 is 26.7. The minimum atomic E-state index is -2.89. The molecule has 3 aliphatic rings. The first kappa shape index (κ1) is 28.0. The van der Waals surface area contributed by atoms with E-state index in [-0.39, 0.29) is 34.1 Å². The number of alkyl halides is 2. The molecule has 6 rings (SSSR count). The molecule has 1 N–H and O–H groups in total. The van der Waals surface area contributed by atoms with Crippen molar-refractivity contribution in [1.82, 2.24) is 15.3 Å². The number of nitro groups is 1. The van der Waals surface area contributed by atoms with E-state index >= 15 is 0 Å². The lowest BCUT2D eigenvalue weighted by Gasteiger charge is -2.47. The summed E-state index contributed by atoms with van der Waals surface area (Å²) in [5.74, 6) is 0.212. The van der Waals surface area contributed by atoms with Crippen LogP contribution in [0.4, 0.5) is 26.0 Å². The zero-order chi connectivity index (χ0) is 29.6. The smallest absolute Gasteiger partial charge is 0.287 e. The van der Waals surface area contributed by atoms with Gasteiger partial charge in [0.05, 0.1) is 15.5 Å². The standard InChI is InChI=1S/C29H27ClF2N6O4/c30-18-11-21(25(26(31)32)34-12-18)27(39)35-19-7-5-17(6-8-19)14-37-23-4-2-1-3-22(23)29(28(37)40)15-36(16-29)24-10-9-20(13-33-24)38(41)42/h1-4,9-13,17,19,26H,5-8,14-16H2,(H,35,39). The zero-order valence-corrected chi connectivity index (χ0v) is 23.1. The molecule has 2 aromatic heterocycles. The number of rotatable bonds is 7. The molecule has 2 fully saturated rings. The van der Waals surface area contributed by atoms with Crippen molar-refractivity contribution in [3.05, 3.63) is 86.8 Å². The molecule has 1 aliphatic carbocycles. The van der Waals surface area contributed by atoms with Gasteiger partial charge in [-0.2, -0.15) is 0 Å². The molecule has 1 saturated heterocycles. The number of pyridine rings is 2. The topological polar surface area (TPSA) is 122 Å². The molecule has 1 saturated carbocycles. The fourth-order valence-electron chi connectivity index (χ4n) is 6.34. The van der Waals surface area contributed by atoms with Crippen LogP contribution in [0.15, 0.2) is 54.9 Å². The first-order chi connectivity index (χ1) is 20.2. The molecule has 2 amide bonds. The second-order valence-electron chi connectivity index (χ2n) is 11.1. The van der Waals surface area contributed by atoms with Crippen molar-refractivity contribution >= 4 is 40.6 Å². The summed E-state index contributed by atoms with van der Waals surface area (Å²) in [4.78, 5) is 48.8. The third kappa shape index (κ3) is 4.93. The number of aromatic nitrogens is 2. The Labute approximate surface area is 244 Å². The van der Waals surface area contributed by atoms with Gasteiger partial charge in [-0.3, -0.25) is 24.7 Å². The SMILES string of the molecule is O=C(NC1CCC(CN2C(=O)C3(CN(c4ccc([N+](=O)[O-])cn4)C3)c3ccccc32)CC1)c1cc(Cl)cnc1C(F)F. The molecule has 2 aliphatic heterocycles. The summed E-state index contributed by atoms with van der Waals surface area (Å²) >= 11 is 5.90. The number of fused-ring (bicyclic) bond motifs is 2. The number of nitrogens with one attached hydrogen (secondary N) is 1. The largest absolute Gasteiger partial charge is 0.354 e. The van der Waals surface area contributed by atoms with Gasteiger partial charge in [0.1, 0.15) is 23.1 Å². The lowest BCUT2D eigenvalue weighted by molar-refractivity contribution is -0.385. The highest BCUT2D eigenvalue weighted by molar-refractivity contribution is 6.30. The number of carbonyl (C=O) groups is 2. The highest BCUT2D eigenvalue weighted by Gasteiger charge is 2.58. The second-order valence-corrected chi connectivity index (χ2v) is 11.5. The summed E-state index contributed by atoms with van der Waals surface area (Å²) in [6.45, 7) is 1.41. The van der Waals surface area contributed by atoms with Crippen LogP contribution < -0.4 is 15.1 Å². The third-order valence-electron chi connectivity index (χ3n) is 8.51. The predicted molar refractivity (Wildman–Crippen MR) is 151 cm³/mol. The first-order valence-electron chi connectivity index (χ1n) is 13.7. The van der Waals surface area contributed by atoms with Gasteiger partial charge in [0.25, 0.3) is 18.0 Å². The minimum absolute atomic E-state index is 0.0327. The lowest BCUT2D eigenvalue weighted by Crippen LogP contribution is -2.64. The average molecular weight is 597 g/mol. The number of hydrogen-bond donors (Lipinski definition) is 1. The van der Waals surface area contributed by atoms with Crippen LogP contribution in [0.3, 0.4) is 0 Å². The van der Waals surface area contributed by atoms with Gasteiger partial charge in [-0.05, 0) is 55.4 Å². The Bertz CT molecular complexity index is 1540. The van der Waals surface area contributed by atoms with Crippen molar-refractivity contribution in [1.29, 1.82) is 0 Å². The van der Waals surface area contributed by atoms with Gasteiger partial charge in [-0.1, -0.05) is 29.8 Å². The fraction of sp³-hybridized carbons (Fsp3) is 0.379. The van der Waals surface area contributed by atoms with Crippen LogP contribution in [0.5, 0.6) is 0 Å². The van der Waals surface area contributed by atoms with E-state index in [4.69, 9.17) is 11.6 Å². The summed E-state index contributed by atoms with van der Waals surface area (Å²) in [6, 6.07) is 11.8. The summed E-state index contributed by atoms with van der Waals surface area (Å²) in [5, 5.41) is 13.9. The Kier molecular flexibility index (Phi) is 7.25. The summed E-state index contributed by atoms with van der Waals surface area (Å²) in [6.07, 6.45) is 2.26. The van der Waals surface area contributed by atoms with Crippen molar-refractivity contribution in [3.63, 3.8) is 0 Å². The highest BCUT2D eigenvalue weighted by Crippen LogP contribution is 2.49. The zero-order valence-electron chi connectivity index (χ0n) is 22.4. The maximum absolute atomic E-state index is 13.9. The molecule has 13 heteroatoms. The van der Waals surface area contributed by atoms with E-state index in [2.05, 4.69) is 15.3 Å². The van der Waals surface area contributed by atoms with E-state index in [1.165, 1.54) is 18.3 Å². The highest BCUT2D eigenvalue weighted by atomic mass is 35.5. The van der Waals surface area contributed by atoms with Gasteiger partial charge in [-0.15, -0.1) is 0 Å². The molecule has 0 unspecified atom stereocenters. The normalized spacial score (nSPS) is 20.9. The Morgan fingerprint density at radius 1 is 1.12 bits per heavy atom. The number of benzene rings is 1. The molecular formula is C29H27ClF2N6O4. The van der Waals surface area contributed by atoms with Crippen LogP contribution in [-0.4, -0.2) is 52.4 Å². The fourth-order valence-corrected chi connectivity index (χ4v) is 6.50. The number of amides is 2. The molecular weight excluding hydrogens is 570 g/mol. The Balaban J connectivity index is 1.09. The quantitative estimate of drug-likeness (QED) is 0.298. The molecule has 0 bridgehead atoms. The van der Waals surface area contributed by atoms with E-state index in [0.29, 0.717) is 38.3 Å². The van der Waals surface area contributed by atoms with Crippen molar-refractivity contribution in [2.45, 2.75) is 43.6 Å². The molecule has 218 valence electrons. The van der Waals surface area contributed by atoms with Crippen LogP contribution in [0, 0.1) is 16.0 Å². The Morgan fingerprint density at radius 3 is 2.52 bits per heavy atom. The predicted octanol–water partition coefficient (Wildman–Crippen LogP) is 5.07. The third-order valence-corrected chi connectivity index (χ3v) is 8.72. The molecule has 1 spiro atoms. The molecule has 42 heavy (non-hydrogen) atoms. The molecule has 0 atom stereocenters. The number of anilines is 2. The van der Waals surface area contributed by atoms with Crippen molar-refractivity contribution < 1.29 is 23.3 Å². The Morgan fingerprint density at radius 2 is 1.86 bits per heavy atom. The number of para-hydroxylation sites is 1. The monoisotopic (exact) mass is 596 g/mol. The molecule has 1 aromatic carbocycles. The van der Waals surface area contributed by atoms with Gasteiger partial charge >= 0.3 is 0 Å². The van der Waals surface area contributed by atoms with Crippen molar-refractivity contribution in [2.75, 3.05) is 29.4 Å². The Hall–Kier alpha value is -4.19. The number of carbonyl (C=O) groups excluding carboxylic acids is 2. The van der Waals surface area contributed by atoms with Crippen LogP contribution >= 0.6 is 11.6 Å². The maximum atomic E-state index is 13.9. The lowest BCUT2D eigenvalue weighted by atomic mass is 9.74. The maximum Gasteiger partial charge on any atom is 0.287 e. The summed E-state index contributed by atoms with van der Waals surface area (Å²) in [5.41, 5.74) is 0.267. The first-order valence-corrected chi connectivity index (χ1v) is 14.1. The second kappa shape index (κ2) is 10.9. The molecule has 3 aromatic rings. The number of halogens is 3. The van der Waals surface area contributed by atoms with E-state index in [0.717, 1.165) is 30.3 Å². The van der Waals surface area contributed by atoms with E-state index in [1.807, 2.05) is 34.1 Å². The van der Waals surface area contributed by atoms with Gasteiger partial charge in [-0.25, -0.2) is 13.8 Å². The van der Waals surface area contributed by atoms with Crippen LogP contribution in [-0.2, 0) is 10.2 Å². The van der Waals surface area contributed by atoms with Crippen LogP contribution in [0.1, 0.15) is 53.7 Å². The van der Waals surface area contributed by atoms with Gasteiger partial charge < -0.3 is 15.1 Å². The molecule has 0 radical (unpaired) electrons. The number of nitrogens with zero attached hydrogens (tertiary/aromatic N) is 5. The van der Waals surface area contributed by atoms with E-state index in [1.54, 1.807) is 6.07 Å². The van der Waals surface area contributed by atoms with Crippen LogP contribution in [0.25, 0.3) is 0 Å². The van der Waals surface area contributed by atoms with Crippen molar-refractivity contribution in [3.8, 4) is 0 Å².